The molecule has 0 unspecified atom stereocenters. The summed E-state index contributed by atoms with van der Waals surface area (Å²) in [4.78, 5) is 51.0. The molecule has 230 valence electrons. The van der Waals surface area contributed by atoms with Crippen molar-refractivity contribution in [2.75, 3.05) is 35.9 Å². The summed E-state index contributed by atoms with van der Waals surface area (Å²) in [5.74, 6) is -0.265. The summed E-state index contributed by atoms with van der Waals surface area (Å²) in [6.45, 7) is 1.42. The summed E-state index contributed by atoms with van der Waals surface area (Å²) in [5, 5.41) is 11.0. The minimum Gasteiger partial charge on any atom is -0.493 e. The quantitative estimate of drug-likeness (QED) is 0.116. The van der Waals surface area contributed by atoms with E-state index in [1.165, 1.54) is 32.9 Å². The summed E-state index contributed by atoms with van der Waals surface area (Å²) in [7, 11) is 3.04. The van der Waals surface area contributed by atoms with Gasteiger partial charge in [0, 0.05) is 34.4 Å². The number of thioether (sulfide) groups is 1. The van der Waals surface area contributed by atoms with Crippen LogP contribution in [0, 0.1) is 0 Å². The standard InChI is InChI=1S/C34H32N4O6S/c1-22(39)35-25-13-15-26(16-14-25)36-32(40)21-45-28-11-7-10-27(20-28)37-34(42)29(38-33(41)24-8-5-4-6-9-24)18-23-12-17-30(43-2)31(19-23)44-3/h4-20H,21H2,1-3H3,(H,35,39)(H,36,40)(H,37,42)(H,38,41)/b29-18+. The Balaban J connectivity index is 1.45. The van der Waals surface area contributed by atoms with Crippen LogP contribution in [0.3, 0.4) is 0 Å². The normalized spacial score (nSPS) is 10.8. The van der Waals surface area contributed by atoms with E-state index < -0.39 is 11.8 Å². The van der Waals surface area contributed by atoms with Crippen molar-refractivity contribution >= 4 is 58.5 Å². The molecule has 0 aliphatic carbocycles. The fourth-order valence-electron chi connectivity index (χ4n) is 4.10. The topological polar surface area (TPSA) is 135 Å². The third kappa shape index (κ3) is 9.73. The zero-order valence-corrected chi connectivity index (χ0v) is 25.7. The van der Waals surface area contributed by atoms with Crippen LogP contribution in [-0.2, 0) is 14.4 Å². The molecular weight excluding hydrogens is 592 g/mol. The molecule has 0 radical (unpaired) electrons. The van der Waals surface area contributed by atoms with Crippen LogP contribution >= 0.6 is 11.8 Å². The highest BCUT2D eigenvalue weighted by Gasteiger charge is 2.16. The summed E-state index contributed by atoms with van der Waals surface area (Å²) in [6.07, 6.45) is 1.55. The van der Waals surface area contributed by atoms with Gasteiger partial charge in [0.25, 0.3) is 11.8 Å². The lowest BCUT2D eigenvalue weighted by Crippen LogP contribution is -2.30. The molecule has 4 N–H and O–H groups in total. The molecule has 0 atom stereocenters. The number of rotatable bonds is 12. The average molecular weight is 625 g/mol. The molecule has 4 aromatic carbocycles. The Morgan fingerprint density at radius 2 is 1.40 bits per heavy atom. The van der Waals surface area contributed by atoms with E-state index in [1.54, 1.807) is 97.1 Å². The van der Waals surface area contributed by atoms with Crippen molar-refractivity contribution in [3.63, 3.8) is 0 Å². The van der Waals surface area contributed by atoms with Crippen LogP contribution in [0.25, 0.3) is 6.08 Å². The van der Waals surface area contributed by atoms with Gasteiger partial charge in [-0.15, -0.1) is 11.8 Å². The first-order chi connectivity index (χ1) is 21.7. The Labute approximate surface area is 265 Å². The number of hydrogen-bond donors (Lipinski definition) is 4. The van der Waals surface area contributed by atoms with Crippen molar-refractivity contribution in [3.8, 4) is 11.5 Å². The van der Waals surface area contributed by atoms with Crippen molar-refractivity contribution in [2.45, 2.75) is 11.8 Å². The molecule has 0 bridgehead atoms. The Morgan fingerprint density at radius 1 is 0.711 bits per heavy atom. The maximum absolute atomic E-state index is 13.5. The highest BCUT2D eigenvalue weighted by Crippen LogP contribution is 2.29. The Kier molecular flexibility index (Phi) is 11.4. The van der Waals surface area contributed by atoms with Gasteiger partial charge in [-0.25, -0.2) is 0 Å². The molecule has 4 rings (SSSR count). The third-order valence-corrected chi connectivity index (χ3v) is 7.19. The van der Waals surface area contributed by atoms with Gasteiger partial charge < -0.3 is 30.7 Å². The van der Waals surface area contributed by atoms with Gasteiger partial charge in [0.05, 0.1) is 20.0 Å². The summed E-state index contributed by atoms with van der Waals surface area (Å²) in [5.41, 5.74) is 2.72. The van der Waals surface area contributed by atoms with Crippen molar-refractivity contribution in [3.05, 3.63) is 114 Å². The van der Waals surface area contributed by atoms with E-state index in [4.69, 9.17) is 9.47 Å². The smallest absolute Gasteiger partial charge is 0.272 e. The molecule has 0 aliphatic rings. The van der Waals surface area contributed by atoms with Crippen molar-refractivity contribution in [1.29, 1.82) is 0 Å². The number of hydrogen-bond acceptors (Lipinski definition) is 7. The minimum absolute atomic E-state index is 0.0121. The first-order valence-corrected chi connectivity index (χ1v) is 14.7. The lowest BCUT2D eigenvalue weighted by molar-refractivity contribution is -0.114. The van der Waals surface area contributed by atoms with Crippen molar-refractivity contribution in [2.24, 2.45) is 0 Å². The van der Waals surface area contributed by atoms with E-state index in [1.807, 2.05) is 6.07 Å². The predicted octanol–water partition coefficient (Wildman–Crippen LogP) is 5.80. The highest BCUT2D eigenvalue weighted by molar-refractivity contribution is 8.00. The number of nitrogens with one attached hydrogen (secondary N) is 4. The second-order valence-corrected chi connectivity index (χ2v) is 10.6. The van der Waals surface area contributed by atoms with Crippen molar-refractivity contribution in [1.82, 2.24) is 5.32 Å². The van der Waals surface area contributed by atoms with Crippen molar-refractivity contribution < 1.29 is 28.7 Å². The second kappa shape index (κ2) is 15.8. The lowest BCUT2D eigenvalue weighted by Gasteiger charge is -2.13. The van der Waals surface area contributed by atoms with Crippen LogP contribution in [0.2, 0.25) is 0 Å². The molecule has 0 fully saturated rings. The molecule has 0 saturated heterocycles. The van der Waals surface area contributed by atoms with E-state index >= 15 is 0 Å². The van der Waals surface area contributed by atoms with Crippen LogP contribution in [-0.4, -0.2) is 43.6 Å². The van der Waals surface area contributed by atoms with Gasteiger partial charge in [-0.3, -0.25) is 19.2 Å². The zero-order chi connectivity index (χ0) is 32.2. The van der Waals surface area contributed by atoms with Crippen LogP contribution in [0.1, 0.15) is 22.8 Å². The third-order valence-electron chi connectivity index (χ3n) is 6.20. The molecule has 11 heteroatoms. The number of benzene rings is 4. The van der Waals surface area contributed by atoms with E-state index in [2.05, 4.69) is 21.3 Å². The molecule has 4 amide bonds. The molecule has 10 nitrogen and oxygen atoms in total. The molecule has 0 aliphatic heterocycles. The van der Waals surface area contributed by atoms with Crippen LogP contribution < -0.4 is 30.7 Å². The average Bonchev–Trinajstić information content (AvgIpc) is 3.04. The van der Waals surface area contributed by atoms with Gasteiger partial charge in [0.1, 0.15) is 5.70 Å². The maximum Gasteiger partial charge on any atom is 0.272 e. The fourth-order valence-corrected chi connectivity index (χ4v) is 4.85. The lowest BCUT2D eigenvalue weighted by atomic mass is 10.1. The van der Waals surface area contributed by atoms with Gasteiger partial charge in [-0.05, 0) is 78.4 Å². The number of ether oxygens (including phenoxy) is 2. The number of methoxy groups -OCH3 is 2. The maximum atomic E-state index is 13.5. The Bertz CT molecular complexity index is 1710. The van der Waals surface area contributed by atoms with E-state index in [-0.39, 0.29) is 23.3 Å². The van der Waals surface area contributed by atoms with Crippen LogP contribution in [0.5, 0.6) is 11.5 Å². The molecule has 4 aromatic rings. The minimum atomic E-state index is -0.545. The highest BCUT2D eigenvalue weighted by atomic mass is 32.2. The molecule has 0 spiro atoms. The first-order valence-electron chi connectivity index (χ1n) is 13.8. The number of amides is 4. The monoisotopic (exact) mass is 624 g/mol. The van der Waals surface area contributed by atoms with Gasteiger partial charge in [0.2, 0.25) is 11.8 Å². The first kappa shape index (κ1) is 32.4. The molecule has 45 heavy (non-hydrogen) atoms. The SMILES string of the molecule is COc1ccc(/C=C(/NC(=O)c2ccccc2)C(=O)Nc2cccc(SCC(=O)Nc3ccc(NC(C)=O)cc3)c2)cc1OC. The zero-order valence-electron chi connectivity index (χ0n) is 24.9. The van der Waals surface area contributed by atoms with E-state index in [9.17, 15) is 19.2 Å². The number of carbonyl (C=O) groups excluding carboxylic acids is 4. The molecular formula is C34H32N4O6S. The predicted molar refractivity (Wildman–Crippen MR) is 177 cm³/mol. The largest absolute Gasteiger partial charge is 0.493 e. The van der Waals surface area contributed by atoms with Gasteiger partial charge in [0.15, 0.2) is 11.5 Å². The molecule has 0 aromatic heterocycles. The summed E-state index contributed by atoms with van der Waals surface area (Å²) < 4.78 is 10.7. The number of anilines is 3. The Morgan fingerprint density at radius 3 is 2.07 bits per heavy atom. The Hall–Kier alpha value is -5.55. The molecule has 0 saturated carbocycles. The fraction of sp³-hybridized carbons (Fsp3) is 0.118. The van der Waals surface area contributed by atoms with Gasteiger partial charge in [-0.2, -0.15) is 0 Å². The van der Waals surface area contributed by atoms with Crippen LogP contribution in [0.4, 0.5) is 17.1 Å². The van der Waals surface area contributed by atoms with E-state index in [0.717, 1.165) is 4.90 Å². The second-order valence-electron chi connectivity index (χ2n) is 9.57. The van der Waals surface area contributed by atoms with Gasteiger partial charge >= 0.3 is 0 Å². The number of carbonyl (C=O) groups is 4. The molecule has 0 heterocycles. The summed E-state index contributed by atoms with van der Waals surface area (Å²) >= 11 is 1.30. The van der Waals surface area contributed by atoms with Crippen LogP contribution in [0.15, 0.2) is 108 Å². The van der Waals surface area contributed by atoms with Gasteiger partial charge in [-0.1, -0.05) is 30.3 Å². The summed E-state index contributed by atoms with van der Waals surface area (Å²) in [6, 6.07) is 27.6. The van der Waals surface area contributed by atoms with E-state index in [0.29, 0.717) is 39.7 Å².